The minimum Gasteiger partial charge on any atom is -0.486 e. The zero-order valence-corrected chi connectivity index (χ0v) is 21.6. The summed E-state index contributed by atoms with van der Waals surface area (Å²) < 4.78 is 19.0. The molecule has 0 bridgehead atoms. The lowest BCUT2D eigenvalue weighted by Gasteiger charge is -2.33. The molecule has 10 nitrogen and oxygen atoms in total. The van der Waals surface area contributed by atoms with E-state index in [0.717, 1.165) is 60.5 Å². The number of carbonyl (C=O) groups excluding carboxylic acids is 1. The lowest BCUT2D eigenvalue weighted by Crippen LogP contribution is -2.44. The molecule has 4 aliphatic heterocycles. The van der Waals surface area contributed by atoms with Gasteiger partial charge in [0.2, 0.25) is 0 Å². The van der Waals surface area contributed by atoms with E-state index in [1.54, 1.807) is 17.6 Å². The van der Waals surface area contributed by atoms with Crippen LogP contribution < -0.4 is 15.0 Å². The SMILES string of the molecule is CC[C@@]1(O)C(=O)OCc2c1cc1n(c2=O)Cc2cc3c(CN4CCN(C)CC4)c4c(cc3nc2-1)OCCO4. The summed E-state index contributed by atoms with van der Waals surface area (Å²) in [5.74, 6) is 0.736. The minimum absolute atomic E-state index is 0.110. The summed E-state index contributed by atoms with van der Waals surface area (Å²) in [6, 6.07) is 5.77. The molecule has 10 heteroatoms. The zero-order chi connectivity index (χ0) is 26.2. The van der Waals surface area contributed by atoms with Gasteiger partial charge in [-0.05, 0) is 25.6 Å². The summed E-state index contributed by atoms with van der Waals surface area (Å²) in [6.45, 7) is 7.58. The molecule has 1 atom stereocenters. The lowest BCUT2D eigenvalue weighted by atomic mass is 9.86. The molecule has 3 aromatic rings. The fraction of sp³-hybridized carbons (Fsp3) is 0.464. The number of esters is 1. The predicted octanol–water partition coefficient (Wildman–Crippen LogP) is 1.60. The van der Waals surface area contributed by atoms with Crippen molar-refractivity contribution < 1.29 is 24.1 Å². The van der Waals surface area contributed by atoms with Gasteiger partial charge in [0, 0.05) is 60.9 Å². The first-order valence-corrected chi connectivity index (χ1v) is 13.2. The van der Waals surface area contributed by atoms with Crippen molar-refractivity contribution in [1.29, 1.82) is 0 Å². The molecule has 1 N–H and O–H groups in total. The van der Waals surface area contributed by atoms with Crippen molar-refractivity contribution in [3.05, 3.63) is 50.8 Å². The number of likely N-dealkylation sites (N-methyl/N-ethyl adjacent to an activating group) is 1. The highest BCUT2D eigenvalue weighted by Crippen LogP contribution is 2.43. The molecule has 0 aliphatic carbocycles. The smallest absolute Gasteiger partial charge is 0.343 e. The molecular formula is C28H30N4O6. The molecule has 0 spiro atoms. The third-order valence-electron chi connectivity index (χ3n) is 8.40. The second-order valence-electron chi connectivity index (χ2n) is 10.6. The van der Waals surface area contributed by atoms with Crippen molar-refractivity contribution >= 4 is 16.9 Å². The van der Waals surface area contributed by atoms with Gasteiger partial charge >= 0.3 is 5.97 Å². The van der Waals surface area contributed by atoms with Gasteiger partial charge in [0.15, 0.2) is 17.1 Å². The van der Waals surface area contributed by atoms with Crippen LogP contribution in [0.5, 0.6) is 11.5 Å². The number of aliphatic hydroxyl groups is 1. The largest absolute Gasteiger partial charge is 0.486 e. The highest BCUT2D eigenvalue weighted by atomic mass is 16.6. The van der Waals surface area contributed by atoms with Crippen molar-refractivity contribution in [3.8, 4) is 22.9 Å². The van der Waals surface area contributed by atoms with Gasteiger partial charge in [0.05, 0.1) is 29.0 Å². The number of fused-ring (bicyclic) bond motifs is 6. The first-order valence-electron chi connectivity index (χ1n) is 13.2. The number of piperazine rings is 1. The molecule has 1 fully saturated rings. The Balaban J connectivity index is 1.39. The Morgan fingerprint density at radius 3 is 2.63 bits per heavy atom. The number of cyclic esters (lactones) is 1. The summed E-state index contributed by atoms with van der Waals surface area (Å²) in [5, 5.41) is 12.1. The maximum Gasteiger partial charge on any atom is 0.343 e. The van der Waals surface area contributed by atoms with Crippen LogP contribution in [0.3, 0.4) is 0 Å². The number of carbonyl (C=O) groups is 1. The van der Waals surface area contributed by atoms with Crippen LogP contribution in [0.15, 0.2) is 23.0 Å². The number of rotatable bonds is 3. The molecule has 6 heterocycles. The number of pyridine rings is 2. The van der Waals surface area contributed by atoms with Gasteiger partial charge in [-0.2, -0.15) is 0 Å². The second-order valence-corrected chi connectivity index (χ2v) is 10.6. The Bertz CT molecular complexity index is 1560. The third kappa shape index (κ3) is 3.40. The predicted molar refractivity (Wildman–Crippen MR) is 138 cm³/mol. The van der Waals surface area contributed by atoms with E-state index in [4.69, 9.17) is 19.2 Å². The number of hydrogen-bond donors (Lipinski definition) is 1. The van der Waals surface area contributed by atoms with E-state index in [9.17, 15) is 14.7 Å². The van der Waals surface area contributed by atoms with Crippen LogP contribution in [-0.4, -0.2) is 76.9 Å². The second kappa shape index (κ2) is 8.52. The average molecular weight is 519 g/mol. The molecule has 7 rings (SSSR count). The summed E-state index contributed by atoms with van der Waals surface area (Å²) in [6.07, 6.45) is 0.110. The Morgan fingerprint density at radius 1 is 1.05 bits per heavy atom. The van der Waals surface area contributed by atoms with E-state index >= 15 is 0 Å². The van der Waals surface area contributed by atoms with Gasteiger partial charge in [-0.3, -0.25) is 9.69 Å². The average Bonchev–Trinajstić information content (AvgIpc) is 3.29. The van der Waals surface area contributed by atoms with Crippen LogP contribution in [0.25, 0.3) is 22.3 Å². The van der Waals surface area contributed by atoms with Crippen LogP contribution >= 0.6 is 0 Å². The fourth-order valence-corrected chi connectivity index (χ4v) is 6.09. The zero-order valence-electron chi connectivity index (χ0n) is 21.6. The van der Waals surface area contributed by atoms with Crippen LogP contribution in [0.4, 0.5) is 0 Å². The summed E-state index contributed by atoms with van der Waals surface area (Å²) in [4.78, 5) is 35.8. The summed E-state index contributed by atoms with van der Waals surface area (Å²) in [7, 11) is 2.14. The summed E-state index contributed by atoms with van der Waals surface area (Å²) in [5.41, 5.74) is 2.55. The topological polar surface area (TPSA) is 106 Å². The van der Waals surface area contributed by atoms with Crippen molar-refractivity contribution in [2.24, 2.45) is 0 Å². The molecule has 0 unspecified atom stereocenters. The van der Waals surface area contributed by atoms with Gasteiger partial charge < -0.3 is 28.8 Å². The quantitative estimate of drug-likeness (QED) is 0.405. The summed E-state index contributed by atoms with van der Waals surface area (Å²) >= 11 is 0. The minimum atomic E-state index is -1.85. The monoisotopic (exact) mass is 518 g/mol. The van der Waals surface area contributed by atoms with Crippen molar-refractivity contribution in [3.63, 3.8) is 0 Å². The molecule has 0 radical (unpaired) electrons. The standard InChI is InChI=1S/C28H30N4O6/c1-3-28(35)20-11-22-24-16(13-32(22)26(33)19(20)15-38-27(28)34)10-17-18(14-31-6-4-30(2)5-7-31)25-23(12-21(17)29-24)36-8-9-37-25/h10-12,35H,3-9,13-15H2,1-2H3/t28-/m0/s1. The Morgan fingerprint density at radius 2 is 1.84 bits per heavy atom. The van der Waals surface area contributed by atoms with Crippen molar-refractivity contribution in [2.75, 3.05) is 46.4 Å². The number of aromatic nitrogens is 2. The number of ether oxygens (including phenoxy) is 3. The molecule has 198 valence electrons. The molecule has 2 aromatic heterocycles. The van der Waals surface area contributed by atoms with Crippen LogP contribution in [0.2, 0.25) is 0 Å². The molecular weight excluding hydrogens is 488 g/mol. The van der Waals surface area contributed by atoms with Gasteiger partial charge in [-0.15, -0.1) is 0 Å². The molecule has 0 amide bonds. The highest BCUT2D eigenvalue weighted by Gasteiger charge is 2.45. The van der Waals surface area contributed by atoms with E-state index in [1.165, 1.54) is 0 Å². The molecule has 1 aromatic carbocycles. The number of benzene rings is 1. The Labute approximate surface area is 219 Å². The maximum absolute atomic E-state index is 13.5. The van der Waals surface area contributed by atoms with Gasteiger partial charge in [0.25, 0.3) is 5.56 Å². The molecule has 0 saturated carbocycles. The molecule has 4 aliphatic rings. The van der Waals surface area contributed by atoms with Gasteiger partial charge in [-0.1, -0.05) is 6.92 Å². The first-order chi connectivity index (χ1) is 18.4. The third-order valence-corrected chi connectivity index (χ3v) is 8.40. The maximum atomic E-state index is 13.5. The van der Waals surface area contributed by atoms with Gasteiger partial charge in [0.1, 0.15) is 19.8 Å². The van der Waals surface area contributed by atoms with E-state index in [0.29, 0.717) is 48.0 Å². The van der Waals surface area contributed by atoms with Crippen LogP contribution in [0.1, 0.15) is 35.6 Å². The van der Waals surface area contributed by atoms with E-state index in [-0.39, 0.29) is 18.6 Å². The van der Waals surface area contributed by atoms with E-state index < -0.39 is 11.6 Å². The highest BCUT2D eigenvalue weighted by molar-refractivity contribution is 5.91. The van der Waals surface area contributed by atoms with Gasteiger partial charge in [-0.25, -0.2) is 9.78 Å². The normalized spacial score (nSPS) is 22.7. The lowest BCUT2D eigenvalue weighted by molar-refractivity contribution is -0.172. The van der Waals surface area contributed by atoms with Crippen molar-refractivity contribution in [1.82, 2.24) is 19.4 Å². The van der Waals surface area contributed by atoms with Crippen molar-refractivity contribution in [2.45, 2.75) is 38.6 Å². The van der Waals surface area contributed by atoms with E-state index in [1.807, 2.05) is 6.07 Å². The number of hydrogen-bond acceptors (Lipinski definition) is 9. The molecule has 1 saturated heterocycles. The van der Waals surface area contributed by atoms with Crippen LogP contribution in [-0.2, 0) is 34.8 Å². The Kier molecular flexibility index (Phi) is 5.30. The first kappa shape index (κ1) is 23.6. The molecule has 38 heavy (non-hydrogen) atoms. The fourth-order valence-electron chi connectivity index (χ4n) is 6.09. The number of nitrogens with zero attached hydrogens (tertiary/aromatic N) is 4. The van der Waals surface area contributed by atoms with Crippen LogP contribution in [0, 0.1) is 0 Å². The Hall–Kier alpha value is -3.47. The van der Waals surface area contributed by atoms with E-state index in [2.05, 4.69) is 22.9 Å².